The Kier molecular flexibility index (Phi) is 4.86. The van der Waals surface area contributed by atoms with Gasteiger partial charge in [-0.15, -0.1) is 11.3 Å². The van der Waals surface area contributed by atoms with Gasteiger partial charge in [0.2, 0.25) is 0 Å². The van der Waals surface area contributed by atoms with E-state index in [2.05, 4.69) is 4.98 Å². The van der Waals surface area contributed by atoms with Gasteiger partial charge in [-0.05, 0) is 38.0 Å². The molecule has 2 aromatic rings. The number of hydrazone groups is 1. The van der Waals surface area contributed by atoms with E-state index in [1.54, 1.807) is 14.2 Å². The van der Waals surface area contributed by atoms with Gasteiger partial charge >= 0.3 is 0 Å². The van der Waals surface area contributed by atoms with E-state index >= 15 is 0 Å². The van der Waals surface area contributed by atoms with E-state index in [0.717, 1.165) is 42.0 Å². The highest BCUT2D eigenvalue weighted by Crippen LogP contribution is 2.40. The van der Waals surface area contributed by atoms with Gasteiger partial charge in [-0.2, -0.15) is 10.1 Å². The molecular formula is C20H23N3O3S. The molecule has 2 atom stereocenters. The third-order valence-electron chi connectivity index (χ3n) is 5.35. The van der Waals surface area contributed by atoms with E-state index in [1.165, 1.54) is 16.3 Å². The second-order valence-corrected chi connectivity index (χ2v) is 7.99. The molecule has 1 aliphatic heterocycles. The molecule has 1 aromatic heterocycles. The average Bonchev–Trinajstić information content (AvgIpc) is 3.14. The van der Waals surface area contributed by atoms with Gasteiger partial charge in [0.1, 0.15) is 0 Å². The number of rotatable bonds is 4. The number of carbonyl (C=O) groups is 1. The average molecular weight is 385 g/mol. The van der Waals surface area contributed by atoms with Crippen molar-refractivity contribution in [2.45, 2.75) is 32.6 Å². The zero-order valence-electron chi connectivity index (χ0n) is 15.8. The third kappa shape index (κ3) is 3.20. The van der Waals surface area contributed by atoms with Crippen molar-refractivity contribution in [2.24, 2.45) is 16.9 Å². The number of aryl methyl sites for hydroxylation is 1. The number of hydrogen-bond donors (Lipinski definition) is 0. The molecule has 2 unspecified atom stereocenters. The predicted molar refractivity (Wildman–Crippen MR) is 106 cm³/mol. The summed E-state index contributed by atoms with van der Waals surface area (Å²) in [6, 6.07) is 5.83. The van der Waals surface area contributed by atoms with Gasteiger partial charge in [-0.25, -0.2) is 4.98 Å². The third-order valence-corrected chi connectivity index (χ3v) is 6.12. The highest BCUT2D eigenvalue weighted by molar-refractivity contribution is 7.09. The van der Waals surface area contributed by atoms with E-state index in [-0.39, 0.29) is 17.7 Å². The van der Waals surface area contributed by atoms with E-state index in [9.17, 15) is 4.79 Å². The Morgan fingerprint density at radius 3 is 2.52 bits per heavy atom. The number of fused-ring (bicyclic) bond motifs is 1. The Balaban J connectivity index is 1.81. The monoisotopic (exact) mass is 385 g/mol. The van der Waals surface area contributed by atoms with Crippen LogP contribution in [0.5, 0.6) is 11.5 Å². The molecule has 1 aromatic carbocycles. The van der Waals surface area contributed by atoms with Crippen LogP contribution >= 0.6 is 11.3 Å². The molecule has 2 aliphatic rings. The van der Waals surface area contributed by atoms with E-state index in [4.69, 9.17) is 14.6 Å². The summed E-state index contributed by atoms with van der Waals surface area (Å²) >= 11 is 1.53. The maximum Gasteiger partial charge on any atom is 0.252 e. The predicted octanol–water partition coefficient (Wildman–Crippen LogP) is 4.03. The minimum Gasteiger partial charge on any atom is -0.493 e. The van der Waals surface area contributed by atoms with Crippen molar-refractivity contribution in [1.82, 2.24) is 4.98 Å². The maximum absolute atomic E-state index is 13.1. The zero-order chi connectivity index (χ0) is 19.0. The van der Waals surface area contributed by atoms with Crippen LogP contribution in [-0.4, -0.2) is 30.8 Å². The van der Waals surface area contributed by atoms with Gasteiger partial charge in [0.25, 0.3) is 5.91 Å². The first-order valence-corrected chi connectivity index (χ1v) is 10.1. The molecule has 6 nitrogen and oxygen atoms in total. The molecule has 0 saturated heterocycles. The van der Waals surface area contributed by atoms with Gasteiger partial charge in [-0.1, -0.05) is 12.8 Å². The number of ether oxygens (including phenoxy) is 2. The normalized spacial score (nSPS) is 22.3. The fourth-order valence-corrected chi connectivity index (χ4v) is 4.60. The number of methoxy groups -OCH3 is 2. The largest absolute Gasteiger partial charge is 0.493 e. The molecule has 0 radical (unpaired) electrons. The van der Waals surface area contributed by atoms with Crippen molar-refractivity contribution in [3.05, 3.63) is 34.2 Å². The Morgan fingerprint density at radius 2 is 1.85 bits per heavy atom. The fourth-order valence-electron chi connectivity index (χ4n) is 4.02. The number of anilines is 1. The van der Waals surface area contributed by atoms with Crippen LogP contribution in [0.25, 0.3) is 0 Å². The van der Waals surface area contributed by atoms with Crippen molar-refractivity contribution < 1.29 is 14.3 Å². The van der Waals surface area contributed by atoms with Crippen molar-refractivity contribution in [1.29, 1.82) is 0 Å². The number of amides is 1. The molecule has 1 fully saturated rings. The molecule has 0 N–H and O–H groups in total. The van der Waals surface area contributed by atoms with E-state index in [1.807, 2.05) is 30.5 Å². The van der Waals surface area contributed by atoms with Crippen molar-refractivity contribution >= 4 is 28.8 Å². The Morgan fingerprint density at radius 1 is 1.11 bits per heavy atom. The molecule has 142 valence electrons. The molecule has 1 amide bonds. The SMILES string of the molecule is COc1ccc(C2=NN(c3csc(C)n3)C(=O)C3CCCCC23)cc1OC. The smallest absolute Gasteiger partial charge is 0.252 e. The lowest BCUT2D eigenvalue weighted by Crippen LogP contribution is -2.46. The van der Waals surface area contributed by atoms with Crippen LogP contribution in [0.15, 0.2) is 28.7 Å². The van der Waals surface area contributed by atoms with Crippen LogP contribution in [0.2, 0.25) is 0 Å². The molecular weight excluding hydrogens is 362 g/mol. The van der Waals surface area contributed by atoms with Gasteiger partial charge in [-0.3, -0.25) is 4.79 Å². The summed E-state index contributed by atoms with van der Waals surface area (Å²) in [5, 5.41) is 9.10. The first kappa shape index (κ1) is 18.0. The fraction of sp³-hybridized carbons (Fsp3) is 0.450. The summed E-state index contributed by atoms with van der Waals surface area (Å²) in [4.78, 5) is 17.6. The summed E-state index contributed by atoms with van der Waals surface area (Å²) in [5.41, 5.74) is 1.90. The first-order chi connectivity index (χ1) is 13.1. The summed E-state index contributed by atoms with van der Waals surface area (Å²) in [6.07, 6.45) is 4.08. The van der Waals surface area contributed by atoms with Crippen LogP contribution in [0.3, 0.4) is 0 Å². The minimum atomic E-state index is -0.0404. The molecule has 1 saturated carbocycles. The zero-order valence-corrected chi connectivity index (χ0v) is 16.6. The second kappa shape index (κ2) is 7.31. The standard InChI is InChI=1S/C20H23N3O3S/c1-12-21-18(11-27-12)23-20(24)15-7-5-4-6-14(15)19(22-23)13-8-9-16(25-2)17(10-13)26-3/h8-11,14-15H,4-7H2,1-3H3. The molecule has 4 rings (SSSR count). The van der Waals surface area contributed by atoms with Crippen LogP contribution in [-0.2, 0) is 4.79 Å². The van der Waals surface area contributed by atoms with Crippen molar-refractivity contribution in [3.63, 3.8) is 0 Å². The van der Waals surface area contributed by atoms with Crippen LogP contribution in [0.1, 0.15) is 36.3 Å². The lowest BCUT2D eigenvalue weighted by molar-refractivity contribution is -0.124. The van der Waals surface area contributed by atoms with Crippen LogP contribution in [0, 0.1) is 18.8 Å². The van der Waals surface area contributed by atoms with Gasteiger partial charge in [0.15, 0.2) is 17.3 Å². The lowest BCUT2D eigenvalue weighted by atomic mass is 9.73. The van der Waals surface area contributed by atoms with Crippen LogP contribution < -0.4 is 14.5 Å². The van der Waals surface area contributed by atoms with Gasteiger partial charge in [0, 0.05) is 22.8 Å². The molecule has 0 bridgehead atoms. The number of nitrogens with zero attached hydrogens (tertiary/aromatic N) is 3. The summed E-state index contributed by atoms with van der Waals surface area (Å²) < 4.78 is 10.8. The van der Waals surface area contributed by atoms with Crippen LogP contribution in [0.4, 0.5) is 5.82 Å². The number of thiazole rings is 1. The summed E-state index contributed by atoms with van der Waals surface area (Å²) in [5.74, 6) is 2.12. The van der Waals surface area contributed by atoms with Gasteiger partial charge < -0.3 is 9.47 Å². The Labute approximate surface area is 162 Å². The topological polar surface area (TPSA) is 64.0 Å². The number of carbonyl (C=O) groups excluding carboxylic acids is 1. The van der Waals surface area contributed by atoms with Crippen molar-refractivity contribution in [2.75, 3.05) is 19.2 Å². The number of aromatic nitrogens is 1. The summed E-state index contributed by atoms with van der Waals surface area (Å²) in [6.45, 7) is 1.94. The van der Waals surface area contributed by atoms with Crippen molar-refractivity contribution in [3.8, 4) is 11.5 Å². The molecule has 27 heavy (non-hydrogen) atoms. The Hall–Kier alpha value is -2.41. The second-order valence-electron chi connectivity index (χ2n) is 6.93. The quantitative estimate of drug-likeness (QED) is 0.797. The molecule has 0 spiro atoms. The van der Waals surface area contributed by atoms with E-state index in [0.29, 0.717) is 17.3 Å². The van der Waals surface area contributed by atoms with Gasteiger partial charge in [0.05, 0.1) is 24.9 Å². The number of benzene rings is 1. The first-order valence-electron chi connectivity index (χ1n) is 9.19. The maximum atomic E-state index is 13.1. The lowest BCUT2D eigenvalue weighted by Gasteiger charge is -2.38. The molecule has 1 aliphatic carbocycles. The highest BCUT2D eigenvalue weighted by atomic mass is 32.1. The molecule has 2 heterocycles. The minimum absolute atomic E-state index is 0.0404. The molecule has 7 heteroatoms. The Bertz CT molecular complexity index is 892. The summed E-state index contributed by atoms with van der Waals surface area (Å²) in [7, 11) is 3.25. The van der Waals surface area contributed by atoms with E-state index < -0.39 is 0 Å². The highest BCUT2D eigenvalue weighted by Gasteiger charge is 2.42. The number of hydrogen-bond acceptors (Lipinski definition) is 6.